The molecule has 0 aliphatic carbocycles. The first-order valence-corrected chi connectivity index (χ1v) is 11.2. The van der Waals surface area contributed by atoms with E-state index >= 15 is 0 Å². The second kappa shape index (κ2) is 7.75. The number of amides is 1. The Kier molecular flexibility index (Phi) is 4.58. The highest BCUT2D eigenvalue weighted by Gasteiger charge is 2.18. The number of aromatic nitrogens is 1. The normalized spacial score (nSPS) is 12.7. The van der Waals surface area contributed by atoms with Gasteiger partial charge in [-0.1, -0.05) is 30.3 Å². The molecule has 162 valence electrons. The predicted molar refractivity (Wildman–Crippen MR) is 126 cm³/mol. The minimum atomic E-state index is -0.695. The summed E-state index contributed by atoms with van der Waals surface area (Å²) in [6, 6.07) is 18.5. The number of ether oxygens (including phenoxy) is 2. The van der Waals surface area contributed by atoms with E-state index in [2.05, 4.69) is 10.3 Å². The van der Waals surface area contributed by atoms with E-state index in [9.17, 15) is 9.59 Å². The van der Waals surface area contributed by atoms with Gasteiger partial charge in [0.15, 0.2) is 16.6 Å². The highest BCUT2D eigenvalue weighted by atomic mass is 32.1. The summed E-state index contributed by atoms with van der Waals surface area (Å²) in [4.78, 5) is 29.9. The summed E-state index contributed by atoms with van der Waals surface area (Å²) < 4.78 is 16.6. The summed E-state index contributed by atoms with van der Waals surface area (Å²) in [5.74, 6) is 0.796. The van der Waals surface area contributed by atoms with Crippen molar-refractivity contribution in [1.82, 2.24) is 4.98 Å². The Bertz CT molecular complexity index is 1600. The zero-order valence-corrected chi connectivity index (χ0v) is 18.0. The molecule has 0 radical (unpaired) electrons. The quantitative estimate of drug-likeness (QED) is 0.300. The number of nitrogens with one attached hydrogen (secondary N) is 1. The lowest BCUT2D eigenvalue weighted by atomic mass is 10.0. The van der Waals surface area contributed by atoms with E-state index in [-0.39, 0.29) is 5.56 Å². The molecule has 0 saturated heterocycles. The fourth-order valence-corrected chi connectivity index (χ4v) is 4.58. The standard InChI is InChI=1S/C25H16N2O5S/c28-23(18-12-17-16-4-2-1-3-14(16)5-7-20(17)32-24(18)29)27-25-26-19(13-33-25)15-6-8-21-22(11-15)31-10-9-30-21/h1-8,11-13H,9-10H2,(H,26,27,28). The smallest absolute Gasteiger partial charge is 0.349 e. The fraction of sp³-hybridized carbons (Fsp3) is 0.0800. The Morgan fingerprint density at radius 2 is 1.79 bits per heavy atom. The monoisotopic (exact) mass is 456 g/mol. The van der Waals surface area contributed by atoms with Gasteiger partial charge in [-0.3, -0.25) is 10.1 Å². The number of hydrogen-bond acceptors (Lipinski definition) is 7. The lowest BCUT2D eigenvalue weighted by Crippen LogP contribution is -2.20. The molecule has 0 spiro atoms. The van der Waals surface area contributed by atoms with E-state index in [0.29, 0.717) is 46.5 Å². The maximum Gasteiger partial charge on any atom is 0.349 e. The van der Waals surface area contributed by atoms with Crippen LogP contribution in [-0.2, 0) is 0 Å². The van der Waals surface area contributed by atoms with Gasteiger partial charge in [0.05, 0.1) is 5.69 Å². The molecule has 3 heterocycles. The Hall–Kier alpha value is -4.17. The molecule has 1 N–H and O–H groups in total. The average molecular weight is 456 g/mol. The third-order valence-electron chi connectivity index (χ3n) is 5.45. The van der Waals surface area contributed by atoms with Gasteiger partial charge < -0.3 is 13.9 Å². The number of carbonyl (C=O) groups excluding carboxylic acids is 1. The molecule has 33 heavy (non-hydrogen) atoms. The van der Waals surface area contributed by atoms with Gasteiger partial charge in [-0.05, 0) is 41.1 Å². The minimum absolute atomic E-state index is 0.0741. The summed E-state index contributed by atoms with van der Waals surface area (Å²) in [6.07, 6.45) is 0. The molecule has 7 nitrogen and oxygen atoms in total. The van der Waals surface area contributed by atoms with Crippen molar-refractivity contribution in [2.45, 2.75) is 0 Å². The van der Waals surface area contributed by atoms with Crippen molar-refractivity contribution in [3.05, 3.63) is 82.0 Å². The fourth-order valence-electron chi connectivity index (χ4n) is 3.86. The van der Waals surface area contributed by atoms with Crippen molar-refractivity contribution < 1.29 is 18.7 Å². The van der Waals surface area contributed by atoms with Crippen molar-refractivity contribution in [1.29, 1.82) is 0 Å². The van der Waals surface area contributed by atoms with Crippen molar-refractivity contribution in [2.24, 2.45) is 0 Å². The van der Waals surface area contributed by atoms with Crippen LogP contribution < -0.4 is 20.4 Å². The highest BCUT2D eigenvalue weighted by Crippen LogP contribution is 2.35. The third kappa shape index (κ3) is 3.50. The molecule has 0 unspecified atom stereocenters. The average Bonchev–Trinajstić information content (AvgIpc) is 3.31. The van der Waals surface area contributed by atoms with Gasteiger partial charge in [-0.25, -0.2) is 9.78 Å². The van der Waals surface area contributed by atoms with Crippen molar-refractivity contribution in [2.75, 3.05) is 18.5 Å². The van der Waals surface area contributed by atoms with Crippen molar-refractivity contribution >= 4 is 44.1 Å². The third-order valence-corrected chi connectivity index (χ3v) is 6.21. The van der Waals surface area contributed by atoms with Gasteiger partial charge in [-0.2, -0.15) is 0 Å². The molecule has 6 rings (SSSR count). The first kappa shape index (κ1) is 19.5. The van der Waals surface area contributed by atoms with E-state index in [4.69, 9.17) is 13.9 Å². The highest BCUT2D eigenvalue weighted by molar-refractivity contribution is 7.14. The van der Waals surface area contributed by atoms with Crippen LogP contribution in [0.25, 0.3) is 33.0 Å². The van der Waals surface area contributed by atoms with Crippen LogP contribution >= 0.6 is 11.3 Å². The maximum absolute atomic E-state index is 12.9. The predicted octanol–water partition coefficient (Wildman–Crippen LogP) is 5.09. The van der Waals surface area contributed by atoms with Gasteiger partial charge in [-0.15, -0.1) is 11.3 Å². The molecule has 1 aliphatic rings. The van der Waals surface area contributed by atoms with Crippen LogP contribution in [0.15, 0.2) is 75.3 Å². The van der Waals surface area contributed by atoms with Crippen LogP contribution in [0.1, 0.15) is 10.4 Å². The summed E-state index contributed by atoms with van der Waals surface area (Å²) >= 11 is 1.27. The maximum atomic E-state index is 12.9. The van der Waals surface area contributed by atoms with E-state index in [1.54, 1.807) is 12.1 Å². The molecule has 0 saturated carbocycles. The van der Waals surface area contributed by atoms with E-state index in [1.807, 2.05) is 53.9 Å². The number of benzene rings is 3. The summed E-state index contributed by atoms with van der Waals surface area (Å²) in [5.41, 5.74) is 1.19. The van der Waals surface area contributed by atoms with Gasteiger partial charge in [0.2, 0.25) is 0 Å². The van der Waals surface area contributed by atoms with E-state index < -0.39 is 11.5 Å². The largest absolute Gasteiger partial charge is 0.486 e. The van der Waals surface area contributed by atoms with Crippen LogP contribution in [0.5, 0.6) is 11.5 Å². The molecule has 2 aromatic heterocycles. The molecule has 0 fully saturated rings. The van der Waals surface area contributed by atoms with Gasteiger partial charge >= 0.3 is 5.63 Å². The lowest BCUT2D eigenvalue weighted by molar-refractivity contribution is 0.102. The van der Waals surface area contributed by atoms with E-state index in [0.717, 1.165) is 16.3 Å². The second-order valence-electron chi connectivity index (χ2n) is 7.50. The molecular formula is C25H16N2O5S. The van der Waals surface area contributed by atoms with Crippen molar-refractivity contribution in [3.8, 4) is 22.8 Å². The molecule has 1 amide bonds. The number of hydrogen-bond donors (Lipinski definition) is 1. The molecule has 0 atom stereocenters. The summed E-state index contributed by atoms with van der Waals surface area (Å²) in [5, 5.41) is 7.53. The Morgan fingerprint density at radius 1 is 0.939 bits per heavy atom. The number of thiazole rings is 1. The number of carbonyl (C=O) groups is 1. The van der Waals surface area contributed by atoms with Crippen LogP contribution in [0.3, 0.4) is 0 Å². The number of rotatable bonds is 3. The van der Waals surface area contributed by atoms with Crippen LogP contribution in [0.2, 0.25) is 0 Å². The number of fused-ring (bicyclic) bond motifs is 4. The number of nitrogens with zero attached hydrogens (tertiary/aromatic N) is 1. The first-order valence-electron chi connectivity index (χ1n) is 10.3. The molecule has 5 aromatic rings. The van der Waals surface area contributed by atoms with Gasteiger partial charge in [0, 0.05) is 16.3 Å². The lowest BCUT2D eigenvalue weighted by Gasteiger charge is -2.18. The van der Waals surface area contributed by atoms with Crippen molar-refractivity contribution in [3.63, 3.8) is 0 Å². The second-order valence-corrected chi connectivity index (χ2v) is 8.35. The summed E-state index contributed by atoms with van der Waals surface area (Å²) in [6.45, 7) is 1.02. The van der Waals surface area contributed by atoms with Crippen LogP contribution in [0, 0.1) is 0 Å². The summed E-state index contributed by atoms with van der Waals surface area (Å²) in [7, 11) is 0. The molecule has 0 bridgehead atoms. The number of anilines is 1. The Morgan fingerprint density at radius 3 is 2.70 bits per heavy atom. The van der Waals surface area contributed by atoms with Gasteiger partial charge in [0.1, 0.15) is 24.4 Å². The SMILES string of the molecule is O=C(Nc1nc(-c2ccc3c(c2)OCCO3)cs1)c1cc2c(ccc3ccccc32)oc1=O. The van der Waals surface area contributed by atoms with Crippen LogP contribution in [0.4, 0.5) is 5.13 Å². The zero-order chi connectivity index (χ0) is 22.4. The molecular weight excluding hydrogens is 440 g/mol. The molecule has 3 aromatic carbocycles. The Labute approximate surface area is 191 Å². The zero-order valence-electron chi connectivity index (χ0n) is 17.2. The minimum Gasteiger partial charge on any atom is -0.486 e. The first-order chi connectivity index (χ1) is 16.2. The van der Waals surface area contributed by atoms with E-state index in [1.165, 1.54) is 11.3 Å². The van der Waals surface area contributed by atoms with Crippen LogP contribution in [-0.4, -0.2) is 24.1 Å². The topological polar surface area (TPSA) is 90.7 Å². The van der Waals surface area contributed by atoms with Gasteiger partial charge in [0.25, 0.3) is 5.91 Å². The molecule has 1 aliphatic heterocycles. The molecule has 8 heteroatoms. The Balaban J connectivity index is 1.31.